The Morgan fingerprint density at radius 1 is 1.10 bits per heavy atom. The molecule has 4 atom stereocenters. The fraction of sp³-hybridized carbons (Fsp3) is 0.645. The Morgan fingerprint density at radius 2 is 1.93 bits per heavy atom. The van der Waals surface area contributed by atoms with Crippen molar-refractivity contribution in [2.75, 3.05) is 45.3 Å². The van der Waals surface area contributed by atoms with E-state index in [1.54, 1.807) is 7.11 Å². The van der Waals surface area contributed by atoms with Crippen molar-refractivity contribution in [3.63, 3.8) is 0 Å². The number of anilines is 1. The summed E-state index contributed by atoms with van der Waals surface area (Å²) in [5.41, 5.74) is 3.79. The summed E-state index contributed by atoms with van der Waals surface area (Å²) >= 11 is 0. The minimum Gasteiger partial charge on any atom is -0.379 e. The summed E-state index contributed by atoms with van der Waals surface area (Å²) in [5.74, 6) is 1.30. The molecule has 9 nitrogen and oxygen atoms in total. The van der Waals surface area contributed by atoms with Crippen molar-refractivity contribution < 1.29 is 19.0 Å². The van der Waals surface area contributed by atoms with Crippen molar-refractivity contribution >= 4 is 11.7 Å². The molecule has 2 N–H and O–H groups in total. The fourth-order valence-corrected chi connectivity index (χ4v) is 6.22. The van der Waals surface area contributed by atoms with Gasteiger partial charge < -0.3 is 29.7 Å². The number of benzene rings is 1. The molecule has 3 aliphatic heterocycles. The molecule has 4 heterocycles. The molecule has 0 aliphatic carbocycles. The highest BCUT2D eigenvalue weighted by Crippen LogP contribution is 2.32. The molecule has 5 rings (SSSR count). The molecule has 1 aromatic heterocycles. The normalized spacial score (nSPS) is 26.1. The van der Waals surface area contributed by atoms with Crippen LogP contribution in [-0.4, -0.2) is 85.0 Å². The second-order valence-electron chi connectivity index (χ2n) is 11.5. The number of aryl methyl sites for hydroxylation is 2. The number of amides is 1. The van der Waals surface area contributed by atoms with E-state index in [4.69, 9.17) is 14.2 Å². The van der Waals surface area contributed by atoms with Crippen LogP contribution in [-0.2, 0) is 14.2 Å². The number of carbonyl (C=O) groups is 1. The van der Waals surface area contributed by atoms with Crippen molar-refractivity contribution in [2.45, 2.75) is 89.7 Å². The van der Waals surface area contributed by atoms with Gasteiger partial charge in [0.05, 0.1) is 24.9 Å². The van der Waals surface area contributed by atoms with Crippen molar-refractivity contribution in [1.29, 1.82) is 0 Å². The highest BCUT2D eigenvalue weighted by Gasteiger charge is 2.31. The van der Waals surface area contributed by atoms with Gasteiger partial charge in [0.25, 0.3) is 5.91 Å². The number of nitrogens with zero attached hydrogens (tertiary/aromatic N) is 3. The van der Waals surface area contributed by atoms with Gasteiger partial charge in [0.1, 0.15) is 17.3 Å². The number of rotatable bonds is 8. The van der Waals surface area contributed by atoms with Crippen molar-refractivity contribution in [2.24, 2.45) is 0 Å². The van der Waals surface area contributed by atoms with Gasteiger partial charge in [-0.15, -0.1) is 0 Å². The monoisotopic (exact) mass is 551 g/mol. The molecule has 0 unspecified atom stereocenters. The first-order valence-corrected chi connectivity index (χ1v) is 14.9. The number of hydrogen-bond acceptors (Lipinski definition) is 8. The number of hydrogen-bond donors (Lipinski definition) is 2. The lowest BCUT2D eigenvalue weighted by Gasteiger charge is -2.38. The molecule has 3 saturated heterocycles. The van der Waals surface area contributed by atoms with Crippen LogP contribution in [0, 0.1) is 20.8 Å². The number of aromatic nitrogens is 2. The largest absolute Gasteiger partial charge is 0.379 e. The highest BCUT2D eigenvalue weighted by atomic mass is 16.5. The lowest BCUT2D eigenvalue weighted by atomic mass is 9.97. The summed E-state index contributed by atoms with van der Waals surface area (Å²) in [6.45, 7) is 9.37. The molecular weight excluding hydrogens is 506 g/mol. The Bertz CT molecular complexity index is 1150. The van der Waals surface area contributed by atoms with Gasteiger partial charge in [-0.3, -0.25) is 4.79 Å². The standard InChI is InChI=1S/C31H45N5O4/c1-20-7-5-8-23(17-20)27-10-6-9-25(40-27)18-32-30-21(2)29(33-22(3)34-30)31(37)36-14-11-24(12-15-36)35-26-13-16-39-19-28(26)38-4/h5,7-8,17,24-28,35H,6,9-16,18-19H2,1-4H3,(H,32,33,34)/t25-,26-,27+,28+/m1/s1. The van der Waals surface area contributed by atoms with E-state index >= 15 is 0 Å². The predicted octanol–water partition coefficient (Wildman–Crippen LogP) is 4.12. The molecule has 1 amide bonds. The van der Waals surface area contributed by atoms with Crippen molar-refractivity contribution in [3.8, 4) is 0 Å². The quantitative estimate of drug-likeness (QED) is 0.506. The molecule has 3 fully saturated rings. The summed E-state index contributed by atoms with van der Waals surface area (Å²) < 4.78 is 17.6. The first-order valence-electron chi connectivity index (χ1n) is 14.9. The smallest absolute Gasteiger partial charge is 0.272 e. The van der Waals surface area contributed by atoms with E-state index in [1.165, 1.54) is 11.1 Å². The molecule has 218 valence electrons. The highest BCUT2D eigenvalue weighted by molar-refractivity contribution is 5.94. The van der Waals surface area contributed by atoms with Crippen LogP contribution >= 0.6 is 0 Å². The van der Waals surface area contributed by atoms with Crippen LogP contribution in [0.15, 0.2) is 24.3 Å². The van der Waals surface area contributed by atoms with Gasteiger partial charge in [-0.2, -0.15) is 0 Å². The second-order valence-corrected chi connectivity index (χ2v) is 11.5. The Labute approximate surface area is 238 Å². The SMILES string of the molecule is CO[C@H]1COCC[C@H]1NC1CCN(C(=O)c2nc(C)nc(NC[C@H]3CCC[C@@H](c4cccc(C)c4)O3)c2C)CC1. The van der Waals surface area contributed by atoms with Crippen LogP contribution in [0.2, 0.25) is 0 Å². The van der Waals surface area contributed by atoms with Gasteiger partial charge in [0.2, 0.25) is 0 Å². The first kappa shape index (κ1) is 28.9. The maximum atomic E-state index is 13.6. The van der Waals surface area contributed by atoms with Crippen LogP contribution < -0.4 is 10.6 Å². The van der Waals surface area contributed by atoms with E-state index in [0.29, 0.717) is 49.8 Å². The van der Waals surface area contributed by atoms with Crippen LogP contribution in [0.5, 0.6) is 0 Å². The van der Waals surface area contributed by atoms with Crippen LogP contribution in [0.4, 0.5) is 5.82 Å². The van der Waals surface area contributed by atoms with Gasteiger partial charge in [-0.05, 0) is 64.9 Å². The van der Waals surface area contributed by atoms with E-state index < -0.39 is 0 Å². The molecule has 3 aliphatic rings. The molecule has 1 aromatic carbocycles. The maximum Gasteiger partial charge on any atom is 0.272 e. The summed E-state index contributed by atoms with van der Waals surface area (Å²) in [7, 11) is 1.74. The number of likely N-dealkylation sites (tertiary alicyclic amines) is 1. The summed E-state index contributed by atoms with van der Waals surface area (Å²) in [5, 5.41) is 7.25. The zero-order valence-corrected chi connectivity index (χ0v) is 24.4. The third-order valence-electron chi connectivity index (χ3n) is 8.56. The minimum absolute atomic E-state index is 0.0150. The van der Waals surface area contributed by atoms with Crippen LogP contribution in [0.3, 0.4) is 0 Å². The molecule has 0 bridgehead atoms. The Morgan fingerprint density at radius 3 is 2.70 bits per heavy atom. The Hall–Kier alpha value is -2.59. The number of nitrogens with one attached hydrogen (secondary N) is 2. The Balaban J connectivity index is 1.17. The number of methoxy groups -OCH3 is 1. The average Bonchev–Trinajstić information content (AvgIpc) is 2.98. The van der Waals surface area contributed by atoms with E-state index in [9.17, 15) is 4.79 Å². The van der Waals surface area contributed by atoms with Crippen molar-refractivity contribution in [3.05, 3.63) is 52.5 Å². The molecule has 0 spiro atoms. The van der Waals surface area contributed by atoms with E-state index in [0.717, 1.165) is 56.5 Å². The summed E-state index contributed by atoms with van der Waals surface area (Å²) in [6, 6.07) is 9.26. The second kappa shape index (κ2) is 13.4. The minimum atomic E-state index is -0.0150. The van der Waals surface area contributed by atoms with E-state index in [1.807, 2.05) is 18.7 Å². The summed E-state index contributed by atoms with van der Waals surface area (Å²) in [4.78, 5) is 24.7. The van der Waals surface area contributed by atoms with E-state index in [-0.39, 0.29) is 24.2 Å². The van der Waals surface area contributed by atoms with Crippen LogP contribution in [0.25, 0.3) is 0 Å². The maximum absolute atomic E-state index is 13.6. The summed E-state index contributed by atoms with van der Waals surface area (Å²) in [6.07, 6.45) is 6.24. The van der Waals surface area contributed by atoms with Gasteiger partial charge >= 0.3 is 0 Å². The topological polar surface area (TPSA) is 97.8 Å². The van der Waals surface area contributed by atoms with E-state index in [2.05, 4.69) is 51.8 Å². The van der Waals surface area contributed by atoms with Crippen LogP contribution in [0.1, 0.15) is 77.6 Å². The average molecular weight is 552 g/mol. The molecule has 9 heteroatoms. The molecular formula is C31H45N5O4. The zero-order chi connectivity index (χ0) is 28.1. The van der Waals surface area contributed by atoms with Gasteiger partial charge in [-0.1, -0.05) is 29.8 Å². The third kappa shape index (κ3) is 7.00. The number of carbonyl (C=O) groups excluding carboxylic acids is 1. The van der Waals surface area contributed by atoms with Gasteiger partial charge in [-0.25, -0.2) is 9.97 Å². The molecule has 0 radical (unpaired) electrons. The Kier molecular flexibility index (Phi) is 9.68. The predicted molar refractivity (Wildman–Crippen MR) is 155 cm³/mol. The molecule has 0 saturated carbocycles. The lowest BCUT2D eigenvalue weighted by Crippen LogP contribution is -2.54. The third-order valence-corrected chi connectivity index (χ3v) is 8.56. The van der Waals surface area contributed by atoms with Gasteiger partial charge in [0.15, 0.2) is 0 Å². The van der Waals surface area contributed by atoms with Crippen molar-refractivity contribution in [1.82, 2.24) is 20.2 Å². The zero-order valence-electron chi connectivity index (χ0n) is 24.4. The first-order chi connectivity index (χ1) is 19.4. The molecule has 2 aromatic rings. The van der Waals surface area contributed by atoms with Gasteiger partial charge in [0, 0.05) is 51.0 Å². The fourth-order valence-electron chi connectivity index (χ4n) is 6.22. The number of piperidine rings is 1. The lowest BCUT2D eigenvalue weighted by molar-refractivity contribution is -0.0533. The number of ether oxygens (including phenoxy) is 3. The molecule has 40 heavy (non-hydrogen) atoms.